The van der Waals surface area contributed by atoms with Crippen LogP contribution in [0.2, 0.25) is 0 Å². The number of benzene rings is 2. The van der Waals surface area contributed by atoms with Gasteiger partial charge in [0.1, 0.15) is 33.9 Å². The Bertz CT molecular complexity index is 1700. The van der Waals surface area contributed by atoms with Crippen LogP contribution in [0, 0.1) is 0 Å². The molecule has 37 heavy (non-hydrogen) atoms. The molecule has 6 nitrogen and oxygen atoms in total. The molecule has 5 aromatic rings. The zero-order valence-corrected chi connectivity index (χ0v) is 19.6. The number of ether oxygens (including phenoxy) is 2. The van der Waals surface area contributed by atoms with E-state index in [-0.39, 0.29) is 16.8 Å². The highest BCUT2D eigenvalue weighted by molar-refractivity contribution is 5.87. The number of nitrogens with zero attached hydrogens (tertiary/aromatic N) is 1. The van der Waals surface area contributed by atoms with Crippen LogP contribution in [0.5, 0.6) is 11.5 Å². The summed E-state index contributed by atoms with van der Waals surface area (Å²) in [4.78, 5) is 7.07. The molecule has 6 rings (SSSR count). The minimum atomic E-state index is -4.67. The van der Waals surface area contributed by atoms with Gasteiger partial charge in [-0.05, 0) is 48.5 Å². The second kappa shape index (κ2) is 8.48. The molecule has 0 radical (unpaired) electrons. The predicted octanol–water partition coefficient (Wildman–Crippen LogP) is 6.09. The van der Waals surface area contributed by atoms with E-state index in [9.17, 15) is 13.2 Å². The molecular weight excluding hydrogens is 485 g/mol. The fraction of sp³-hybridized carbons (Fsp3) is 0.107. The number of rotatable bonds is 5. The van der Waals surface area contributed by atoms with E-state index in [1.165, 1.54) is 12.1 Å². The molecule has 0 fully saturated rings. The minimum absolute atomic E-state index is 0.141. The SMILES string of the molecule is COc1ccc(-c2cc3c(o2)=CC(=C(c2cc4oc(-c5ccc(OC)cc5)cc4[nH]2)C(F)(F)F)N=3)cc1. The molecule has 9 heteroatoms. The number of aromatic amines is 1. The molecule has 0 spiro atoms. The largest absolute Gasteiger partial charge is 0.497 e. The van der Waals surface area contributed by atoms with Crippen LogP contribution in [0.3, 0.4) is 0 Å². The number of H-pyrrole nitrogens is 1. The topological polar surface area (TPSA) is 72.9 Å². The average molecular weight is 504 g/mol. The summed E-state index contributed by atoms with van der Waals surface area (Å²) in [5, 5.41) is 0.333. The van der Waals surface area contributed by atoms with Gasteiger partial charge in [-0.1, -0.05) is 0 Å². The summed E-state index contributed by atoms with van der Waals surface area (Å²) in [6, 6.07) is 19.0. The summed E-state index contributed by atoms with van der Waals surface area (Å²) in [6.07, 6.45) is -3.37. The van der Waals surface area contributed by atoms with E-state index in [4.69, 9.17) is 18.3 Å². The smallest absolute Gasteiger partial charge is 0.420 e. The molecule has 0 saturated heterocycles. The van der Waals surface area contributed by atoms with Gasteiger partial charge in [0, 0.05) is 35.4 Å². The first-order valence-electron chi connectivity index (χ1n) is 11.3. The van der Waals surface area contributed by atoms with E-state index in [0.717, 1.165) is 11.1 Å². The highest BCUT2D eigenvalue weighted by atomic mass is 19.4. The molecule has 0 saturated carbocycles. The van der Waals surface area contributed by atoms with Gasteiger partial charge in [-0.15, -0.1) is 0 Å². The Morgan fingerprint density at radius 1 is 0.811 bits per heavy atom. The zero-order chi connectivity index (χ0) is 25.7. The van der Waals surface area contributed by atoms with E-state index in [2.05, 4.69) is 9.98 Å². The Balaban J connectivity index is 1.37. The van der Waals surface area contributed by atoms with Gasteiger partial charge in [0.05, 0.1) is 31.1 Å². The molecule has 0 atom stereocenters. The van der Waals surface area contributed by atoms with Crippen molar-refractivity contribution in [1.29, 1.82) is 0 Å². The van der Waals surface area contributed by atoms with Crippen molar-refractivity contribution in [2.45, 2.75) is 6.18 Å². The number of methoxy groups -OCH3 is 2. The average Bonchev–Trinajstić information content (AvgIpc) is 3.63. The Hall–Kier alpha value is -4.66. The van der Waals surface area contributed by atoms with Crippen molar-refractivity contribution in [2.24, 2.45) is 4.99 Å². The van der Waals surface area contributed by atoms with Gasteiger partial charge < -0.3 is 23.3 Å². The number of alkyl halides is 3. The number of aromatic nitrogens is 1. The quantitative estimate of drug-likeness (QED) is 0.314. The summed E-state index contributed by atoms with van der Waals surface area (Å²) in [5.74, 6) is 2.41. The van der Waals surface area contributed by atoms with Gasteiger partial charge in [-0.3, -0.25) is 0 Å². The van der Waals surface area contributed by atoms with Crippen LogP contribution in [-0.4, -0.2) is 25.4 Å². The fourth-order valence-electron chi connectivity index (χ4n) is 4.29. The van der Waals surface area contributed by atoms with Crippen LogP contribution in [-0.2, 0) is 0 Å². The normalized spacial score (nSPS) is 14.3. The molecule has 4 heterocycles. The molecular formula is C28H19F3N2O4. The molecule has 0 aliphatic carbocycles. The van der Waals surface area contributed by atoms with Gasteiger partial charge >= 0.3 is 6.18 Å². The maximum absolute atomic E-state index is 14.2. The Kier molecular flexibility index (Phi) is 5.22. The van der Waals surface area contributed by atoms with Crippen molar-refractivity contribution in [2.75, 3.05) is 14.2 Å². The van der Waals surface area contributed by atoms with E-state index in [0.29, 0.717) is 39.5 Å². The lowest BCUT2D eigenvalue weighted by atomic mass is 10.1. The van der Waals surface area contributed by atoms with E-state index >= 15 is 0 Å². The lowest BCUT2D eigenvalue weighted by Crippen LogP contribution is -2.14. The molecule has 0 unspecified atom stereocenters. The second-order valence-corrected chi connectivity index (χ2v) is 8.40. The first kappa shape index (κ1) is 22.8. The Labute approximate surface area is 208 Å². The van der Waals surface area contributed by atoms with Crippen LogP contribution in [0.25, 0.3) is 45.4 Å². The maximum atomic E-state index is 14.2. The van der Waals surface area contributed by atoms with Gasteiger partial charge in [0.2, 0.25) is 0 Å². The third-order valence-corrected chi connectivity index (χ3v) is 6.11. The highest BCUT2D eigenvalue weighted by Gasteiger charge is 2.39. The number of allylic oxidation sites excluding steroid dienone is 2. The summed E-state index contributed by atoms with van der Waals surface area (Å²) in [7, 11) is 3.14. The summed E-state index contributed by atoms with van der Waals surface area (Å²) >= 11 is 0. The second-order valence-electron chi connectivity index (χ2n) is 8.40. The third kappa shape index (κ3) is 4.08. The zero-order valence-electron chi connectivity index (χ0n) is 19.6. The first-order chi connectivity index (χ1) is 17.8. The molecule has 2 aromatic carbocycles. The van der Waals surface area contributed by atoms with Crippen molar-refractivity contribution in [1.82, 2.24) is 4.98 Å². The summed E-state index contributed by atoms with van der Waals surface area (Å²) in [5.41, 5.74) is 1.27. The van der Waals surface area contributed by atoms with Crippen molar-refractivity contribution >= 4 is 22.7 Å². The van der Waals surface area contributed by atoms with Gasteiger partial charge in [0.15, 0.2) is 11.0 Å². The van der Waals surface area contributed by atoms with Gasteiger partial charge in [-0.2, -0.15) is 13.2 Å². The number of fused-ring (bicyclic) bond motifs is 2. The van der Waals surface area contributed by atoms with Crippen LogP contribution >= 0.6 is 0 Å². The molecule has 186 valence electrons. The van der Waals surface area contributed by atoms with Crippen molar-refractivity contribution in [3.8, 4) is 34.1 Å². The lowest BCUT2D eigenvalue weighted by Gasteiger charge is -2.11. The molecule has 1 aliphatic heterocycles. The standard InChI is InChI=1S/C28H19F3N2O4/c1-34-17-7-3-15(4-8-17)23-11-19-25(36-23)13-21(32-19)27(28(29,30)31)22-14-26-20(33-22)12-24(37-26)16-5-9-18(35-2)10-6-16/h3-14,32H,1-2H3. The monoisotopic (exact) mass is 504 g/mol. The highest BCUT2D eigenvalue weighted by Crippen LogP contribution is 2.40. The number of halogens is 3. The lowest BCUT2D eigenvalue weighted by molar-refractivity contribution is -0.0694. The van der Waals surface area contributed by atoms with E-state index in [1.54, 1.807) is 62.8 Å². The van der Waals surface area contributed by atoms with Crippen LogP contribution in [0.4, 0.5) is 13.2 Å². The van der Waals surface area contributed by atoms with Gasteiger partial charge in [-0.25, -0.2) is 4.99 Å². The van der Waals surface area contributed by atoms with Crippen LogP contribution in [0.15, 0.2) is 86.3 Å². The molecule has 1 N–H and O–H groups in total. The van der Waals surface area contributed by atoms with Crippen molar-refractivity contribution in [3.05, 3.63) is 88.9 Å². The summed E-state index contributed by atoms with van der Waals surface area (Å²) < 4.78 is 64.6. The van der Waals surface area contributed by atoms with E-state index < -0.39 is 11.7 Å². The van der Waals surface area contributed by atoms with Crippen LogP contribution in [0.1, 0.15) is 5.69 Å². The summed E-state index contributed by atoms with van der Waals surface area (Å²) in [6.45, 7) is 0. The molecule has 0 bridgehead atoms. The number of hydrogen-bond acceptors (Lipinski definition) is 5. The third-order valence-electron chi connectivity index (χ3n) is 6.11. The van der Waals surface area contributed by atoms with Crippen molar-refractivity contribution in [3.63, 3.8) is 0 Å². The molecule has 0 amide bonds. The number of hydrogen-bond donors (Lipinski definition) is 1. The van der Waals surface area contributed by atoms with Crippen LogP contribution < -0.4 is 20.2 Å². The minimum Gasteiger partial charge on any atom is -0.497 e. The number of furan rings is 2. The molecule has 3 aromatic heterocycles. The van der Waals surface area contributed by atoms with Gasteiger partial charge in [0.25, 0.3) is 0 Å². The number of nitrogens with one attached hydrogen (secondary N) is 1. The Morgan fingerprint density at radius 3 is 1.92 bits per heavy atom. The first-order valence-corrected chi connectivity index (χ1v) is 11.3. The molecule has 1 aliphatic rings. The Morgan fingerprint density at radius 2 is 1.41 bits per heavy atom. The fourth-order valence-corrected chi connectivity index (χ4v) is 4.29. The van der Waals surface area contributed by atoms with E-state index in [1.807, 2.05) is 12.1 Å². The maximum Gasteiger partial charge on any atom is 0.420 e. The predicted molar refractivity (Wildman–Crippen MR) is 131 cm³/mol. The van der Waals surface area contributed by atoms with Crippen molar-refractivity contribution < 1.29 is 31.5 Å².